The second-order valence-electron chi connectivity index (χ2n) is 7.01. The van der Waals surface area contributed by atoms with Crippen molar-refractivity contribution in [1.82, 2.24) is 0 Å². The van der Waals surface area contributed by atoms with Crippen LogP contribution in [0.15, 0.2) is 39.7 Å². The Morgan fingerprint density at radius 3 is 2.67 bits per heavy atom. The van der Waals surface area contributed by atoms with E-state index in [1.165, 1.54) is 0 Å². The lowest BCUT2D eigenvalue weighted by molar-refractivity contribution is -0.119. The number of amides is 1. The number of fused-ring (bicyclic) bond motifs is 1. The summed E-state index contributed by atoms with van der Waals surface area (Å²) < 4.78 is 29.6. The van der Waals surface area contributed by atoms with Gasteiger partial charge in [0.25, 0.3) is 10.0 Å². The monoisotopic (exact) mass is 468 g/mol. The largest absolute Gasteiger partial charge is 0.310 e. The van der Waals surface area contributed by atoms with Crippen molar-refractivity contribution in [1.29, 1.82) is 0 Å². The third kappa shape index (κ3) is 3.60. The fourth-order valence-electron chi connectivity index (χ4n) is 3.35. The SMILES string of the molecule is Cc1ccc(NS(=O)(=O)c2cc(Br)cc3c2N(C(=O)C2CC2)CC3)c(Cl)c1. The summed E-state index contributed by atoms with van der Waals surface area (Å²) in [5.74, 6) is 0.0375. The molecule has 0 unspecified atom stereocenters. The number of hydrogen-bond acceptors (Lipinski definition) is 3. The van der Waals surface area contributed by atoms with Crippen molar-refractivity contribution in [2.24, 2.45) is 5.92 Å². The summed E-state index contributed by atoms with van der Waals surface area (Å²) in [7, 11) is -3.93. The van der Waals surface area contributed by atoms with Gasteiger partial charge in [0.15, 0.2) is 0 Å². The van der Waals surface area contributed by atoms with Crippen LogP contribution in [0.25, 0.3) is 0 Å². The summed E-state index contributed by atoms with van der Waals surface area (Å²) in [6.45, 7) is 2.39. The molecule has 142 valence electrons. The van der Waals surface area contributed by atoms with Crippen molar-refractivity contribution in [2.75, 3.05) is 16.2 Å². The Labute approximate surface area is 171 Å². The molecule has 0 spiro atoms. The van der Waals surface area contributed by atoms with Crippen LogP contribution >= 0.6 is 27.5 Å². The molecule has 0 aromatic heterocycles. The highest BCUT2D eigenvalue weighted by Gasteiger charge is 2.39. The van der Waals surface area contributed by atoms with Gasteiger partial charge in [0.1, 0.15) is 4.90 Å². The maximum Gasteiger partial charge on any atom is 0.264 e. The molecule has 0 bridgehead atoms. The van der Waals surface area contributed by atoms with E-state index in [2.05, 4.69) is 20.7 Å². The lowest BCUT2D eigenvalue weighted by Gasteiger charge is -2.21. The molecule has 0 radical (unpaired) electrons. The van der Waals surface area contributed by atoms with Crippen LogP contribution in [0.4, 0.5) is 11.4 Å². The lowest BCUT2D eigenvalue weighted by atomic mass is 10.2. The summed E-state index contributed by atoms with van der Waals surface area (Å²) in [4.78, 5) is 14.4. The molecule has 5 nitrogen and oxygen atoms in total. The average Bonchev–Trinajstić information content (AvgIpc) is 3.36. The van der Waals surface area contributed by atoms with E-state index in [0.29, 0.717) is 33.8 Å². The van der Waals surface area contributed by atoms with Crippen LogP contribution in [0.3, 0.4) is 0 Å². The second kappa shape index (κ2) is 6.79. The van der Waals surface area contributed by atoms with Crippen LogP contribution in [0.2, 0.25) is 5.02 Å². The zero-order valence-corrected chi connectivity index (χ0v) is 17.8. The second-order valence-corrected chi connectivity index (χ2v) is 9.99. The Hall–Kier alpha value is -1.57. The first-order valence-electron chi connectivity index (χ1n) is 8.69. The maximum absolute atomic E-state index is 13.2. The van der Waals surface area contributed by atoms with E-state index in [-0.39, 0.29) is 16.7 Å². The molecule has 1 N–H and O–H groups in total. The van der Waals surface area contributed by atoms with Gasteiger partial charge in [0.05, 0.1) is 16.4 Å². The first kappa shape index (κ1) is 18.8. The Bertz CT molecular complexity index is 1050. The highest BCUT2D eigenvalue weighted by molar-refractivity contribution is 9.10. The lowest BCUT2D eigenvalue weighted by Crippen LogP contribution is -2.31. The normalized spacial score (nSPS) is 16.3. The summed E-state index contributed by atoms with van der Waals surface area (Å²) >= 11 is 9.59. The number of benzene rings is 2. The zero-order chi connectivity index (χ0) is 19.3. The molecule has 2 aromatic rings. The minimum atomic E-state index is -3.93. The molecular formula is C19H18BrClN2O3S. The van der Waals surface area contributed by atoms with Gasteiger partial charge in [-0.15, -0.1) is 0 Å². The van der Waals surface area contributed by atoms with E-state index in [1.807, 2.05) is 13.0 Å². The molecule has 1 fully saturated rings. The molecule has 0 saturated heterocycles. The quantitative estimate of drug-likeness (QED) is 0.716. The third-order valence-electron chi connectivity index (χ3n) is 4.84. The van der Waals surface area contributed by atoms with Gasteiger partial charge in [-0.2, -0.15) is 0 Å². The molecular weight excluding hydrogens is 452 g/mol. The number of rotatable bonds is 4. The summed E-state index contributed by atoms with van der Waals surface area (Å²) in [6, 6.07) is 8.56. The number of carbonyl (C=O) groups excluding carboxylic acids is 1. The zero-order valence-electron chi connectivity index (χ0n) is 14.6. The molecule has 2 aromatic carbocycles. The molecule has 4 rings (SSSR count). The van der Waals surface area contributed by atoms with E-state index in [9.17, 15) is 13.2 Å². The highest BCUT2D eigenvalue weighted by Crippen LogP contribution is 2.42. The van der Waals surface area contributed by atoms with Gasteiger partial charge in [0.2, 0.25) is 5.91 Å². The molecule has 2 aliphatic rings. The Kier molecular flexibility index (Phi) is 4.72. The molecule has 1 aliphatic heterocycles. The minimum Gasteiger partial charge on any atom is -0.310 e. The van der Waals surface area contributed by atoms with E-state index < -0.39 is 10.0 Å². The van der Waals surface area contributed by atoms with Gasteiger partial charge >= 0.3 is 0 Å². The molecule has 1 amide bonds. The Morgan fingerprint density at radius 1 is 1.26 bits per heavy atom. The number of halogens is 2. The smallest absolute Gasteiger partial charge is 0.264 e. The van der Waals surface area contributed by atoms with Gasteiger partial charge in [-0.3, -0.25) is 9.52 Å². The van der Waals surface area contributed by atoms with Crippen molar-refractivity contribution in [3.8, 4) is 0 Å². The number of carbonyl (C=O) groups is 1. The van der Waals surface area contributed by atoms with Crippen molar-refractivity contribution in [3.63, 3.8) is 0 Å². The van der Waals surface area contributed by atoms with Crippen LogP contribution in [0, 0.1) is 12.8 Å². The summed E-state index contributed by atoms with van der Waals surface area (Å²) in [5.41, 5.74) is 2.60. The molecule has 8 heteroatoms. The van der Waals surface area contributed by atoms with Crippen molar-refractivity contribution >= 4 is 54.8 Å². The maximum atomic E-state index is 13.2. The number of aryl methyl sites for hydroxylation is 1. The van der Waals surface area contributed by atoms with Gasteiger partial charge in [-0.1, -0.05) is 33.6 Å². The van der Waals surface area contributed by atoms with Crippen molar-refractivity contribution < 1.29 is 13.2 Å². The van der Waals surface area contributed by atoms with Crippen LogP contribution in [-0.2, 0) is 21.2 Å². The minimum absolute atomic E-state index is 0.0147. The fraction of sp³-hybridized carbons (Fsp3) is 0.316. The van der Waals surface area contributed by atoms with Crippen LogP contribution in [-0.4, -0.2) is 20.9 Å². The third-order valence-corrected chi connectivity index (χ3v) is 6.99. The highest BCUT2D eigenvalue weighted by atomic mass is 79.9. The average molecular weight is 470 g/mol. The van der Waals surface area contributed by atoms with Gasteiger partial charge in [-0.25, -0.2) is 8.42 Å². The standard InChI is InChI=1S/C19H18BrClN2O3S/c1-11-2-5-16(15(21)8-11)22-27(25,26)17-10-14(20)9-13-6-7-23(18(13)17)19(24)12-3-4-12/h2,5,8-10,12,22H,3-4,6-7H2,1H3. The van der Waals surface area contributed by atoms with Gasteiger partial charge in [-0.05, 0) is 61.6 Å². The number of nitrogens with zero attached hydrogens (tertiary/aromatic N) is 1. The topological polar surface area (TPSA) is 66.5 Å². The van der Waals surface area contributed by atoms with E-state index in [1.54, 1.807) is 29.2 Å². The molecule has 1 aliphatic carbocycles. The molecule has 27 heavy (non-hydrogen) atoms. The van der Waals surface area contributed by atoms with Crippen molar-refractivity contribution in [2.45, 2.75) is 31.1 Å². The fourth-order valence-corrected chi connectivity index (χ4v) is 5.70. The van der Waals surface area contributed by atoms with E-state index in [4.69, 9.17) is 11.6 Å². The van der Waals surface area contributed by atoms with Crippen LogP contribution < -0.4 is 9.62 Å². The van der Waals surface area contributed by atoms with Gasteiger partial charge < -0.3 is 4.90 Å². The predicted molar refractivity (Wildman–Crippen MR) is 110 cm³/mol. The Balaban J connectivity index is 1.77. The van der Waals surface area contributed by atoms with Crippen LogP contribution in [0.1, 0.15) is 24.0 Å². The Morgan fingerprint density at radius 2 is 2.00 bits per heavy atom. The van der Waals surface area contributed by atoms with Gasteiger partial charge in [0, 0.05) is 16.9 Å². The summed E-state index contributed by atoms with van der Waals surface area (Å²) in [6.07, 6.45) is 2.39. The number of nitrogens with one attached hydrogen (secondary N) is 1. The first-order chi connectivity index (χ1) is 12.8. The summed E-state index contributed by atoms with van der Waals surface area (Å²) in [5, 5.41) is 0.330. The molecule has 1 heterocycles. The van der Waals surface area contributed by atoms with E-state index in [0.717, 1.165) is 24.0 Å². The predicted octanol–water partition coefficient (Wildman–Crippen LogP) is 4.51. The molecule has 1 saturated carbocycles. The van der Waals surface area contributed by atoms with Crippen molar-refractivity contribution in [3.05, 3.63) is 51.0 Å². The number of sulfonamides is 1. The van der Waals surface area contributed by atoms with Crippen LogP contribution in [0.5, 0.6) is 0 Å². The van der Waals surface area contributed by atoms with E-state index >= 15 is 0 Å². The number of hydrogen-bond donors (Lipinski definition) is 1. The molecule has 0 atom stereocenters. The first-order valence-corrected chi connectivity index (χ1v) is 11.3. The number of anilines is 2.